The van der Waals surface area contributed by atoms with Gasteiger partial charge in [-0.15, -0.1) is 0 Å². The van der Waals surface area contributed by atoms with Crippen LogP contribution in [0.25, 0.3) is 4.85 Å². The van der Waals surface area contributed by atoms with Gasteiger partial charge in [-0.1, -0.05) is 0 Å². The molecule has 1 rings (SSSR count). The first-order valence-corrected chi connectivity index (χ1v) is 3.13. The quantitative estimate of drug-likeness (QED) is 0.522. The van der Waals surface area contributed by atoms with E-state index in [1.165, 1.54) is 0 Å². The van der Waals surface area contributed by atoms with Crippen LogP contribution < -0.4 is 0 Å². The van der Waals surface area contributed by atoms with Crippen LogP contribution in [-0.2, 0) is 9.53 Å². The molecule has 1 heterocycles. The van der Waals surface area contributed by atoms with Gasteiger partial charge in [-0.2, -0.15) is 0 Å². The fourth-order valence-electron chi connectivity index (χ4n) is 0.832. The third-order valence-electron chi connectivity index (χ3n) is 1.74. The Morgan fingerprint density at radius 2 is 2.40 bits per heavy atom. The van der Waals surface area contributed by atoms with Crippen LogP contribution in [-0.4, -0.2) is 25.5 Å². The summed E-state index contributed by atoms with van der Waals surface area (Å²) in [6.07, 6.45) is 0. The van der Waals surface area contributed by atoms with Crippen molar-refractivity contribution in [3.05, 3.63) is 11.4 Å². The molecule has 1 fully saturated rings. The lowest BCUT2D eigenvalue weighted by atomic mass is 9.84. The highest BCUT2D eigenvalue weighted by Gasteiger charge is 2.41. The highest BCUT2D eigenvalue weighted by Crippen LogP contribution is 2.27. The third-order valence-corrected chi connectivity index (χ3v) is 1.74. The van der Waals surface area contributed by atoms with Crippen molar-refractivity contribution >= 4 is 5.78 Å². The molecule has 0 aromatic heterocycles. The average molecular weight is 139 g/mol. The minimum Gasteiger partial charge on any atom is -0.379 e. The first-order valence-electron chi connectivity index (χ1n) is 3.13. The van der Waals surface area contributed by atoms with Crippen molar-refractivity contribution in [3.8, 4) is 0 Å². The van der Waals surface area contributed by atoms with Gasteiger partial charge in [0, 0.05) is 0 Å². The maximum Gasteiger partial charge on any atom is 0.272 e. The maximum atomic E-state index is 11.1. The summed E-state index contributed by atoms with van der Waals surface area (Å²) in [6, 6.07) is 0. The SMILES string of the molecule is [C-]#[N+]CC(=O)C1(C)COC1. The first kappa shape index (κ1) is 7.23. The predicted molar refractivity (Wildman–Crippen MR) is 35.4 cm³/mol. The third kappa shape index (κ3) is 1.03. The molecular formula is C7H9NO2. The second-order valence-electron chi connectivity index (χ2n) is 2.79. The molecule has 1 aliphatic rings. The summed E-state index contributed by atoms with van der Waals surface area (Å²) in [4.78, 5) is 14.1. The molecule has 0 amide bonds. The Morgan fingerprint density at radius 3 is 2.70 bits per heavy atom. The van der Waals surface area contributed by atoms with E-state index in [0.717, 1.165) is 0 Å². The molecule has 0 bridgehead atoms. The number of hydrogen-bond acceptors (Lipinski definition) is 2. The lowest BCUT2D eigenvalue weighted by Gasteiger charge is -2.34. The molecule has 0 atom stereocenters. The minimum atomic E-state index is -0.343. The monoisotopic (exact) mass is 139 g/mol. The van der Waals surface area contributed by atoms with E-state index in [2.05, 4.69) is 4.85 Å². The summed E-state index contributed by atoms with van der Waals surface area (Å²) in [5, 5.41) is 0. The Balaban J connectivity index is 2.49. The Bertz CT molecular complexity index is 188. The van der Waals surface area contributed by atoms with E-state index in [1.807, 2.05) is 6.92 Å². The second kappa shape index (κ2) is 2.39. The fraction of sp³-hybridized carbons (Fsp3) is 0.714. The molecule has 10 heavy (non-hydrogen) atoms. The second-order valence-corrected chi connectivity index (χ2v) is 2.79. The summed E-state index contributed by atoms with van der Waals surface area (Å²) in [5.74, 6) is 0.00810. The van der Waals surface area contributed by atoms with Crippen molar-refractivity contribution in [1.82, 2.24) is 0 Å². The summed E-state index contributed by atoms with van der Waals surface area (Å²) in [6.45, 7) is 9.29. The van der Waals surface area contributed by atoms with Crippen molar-refractivity contribution in [1.29, 1.82) is 0 Å². The Morgan fingerprint density at radius 1 is 1.80 bits per heavy atom. The standard InChI is InChI=1S/C7H9NO2/c1-7(4-10-5-7)6(9)3-8-2/h3-5H2,1H3. The van der Waals surface area contributed by atoms with Gasteiger partial charge >= 0.3 is 0 Å². The number of hydrogen-bond donors (Lipinski definition) is 0. The van der Waals surface area contributed by atoms with Crippen molar-refractivity contribution in [2.24, 2.45) is 5.41 Å². The Hall–Kier alpha value is -0.880. The van der Waals surface area contributed by atoms with E-state index < -0.39 is 0 Å². The lowest BCUT2D eigenvalue weighted by Crippen LogP contribution is -2.47. The molecule has 0 unspecified atom stereocenters. The van der Waals surface area contributed by atoms with Gasteiger partial charge in [-0.25, -0.2) is 6.57 Å². The fourth-order valence-corrected chi connectivity index (χ4v) is 0.832. The first-order chi connectivity index (χ1) is 4.69. The number of ether oxygens (including phenoxy) is 1. The van der Waals surface area contributed by atoms with Gasteiger partial charge in [-0.05, 0) is 6.92 Å². The molecule has 0 spiro atoms. The topological polar surface area (TPSA) is 30.7 Å². The molecule has 3 nitrogen and oxygen atoms in total. The number of Topliss-reactive ketones (excluding diaryl/α,β-unsaturated/α-hetero) is 1. The van der Waals surface area contributed by atoms with E-state index in [-0.39, 0.29) is 17.7 Å². The van der Waals surface area contributed by atoms with E-state index in [4.69, 9.17) is 11.3 Å². The van der Waals surface area contributed by atoms with Crippen LogP contribution in [0.4, 0.5) is 0 Å². The van der Waals surface area contributed by atoms with Crippen molar-refractivity contribution in [2.75, 3.05) is 19.8 Å². The van der Waals surface area contributed by atoms with E-state index in [9.17, 15) is 4.79 Å². The van der Waals surface area contributed by atoms with Gasteiger partial charge in [0.1, 0.15) is 0 Å². The van der Waals surface area contributed by atoms with Crippen LogP contribution in [0.1, 0.15) is 6.92 Å². The van der Waals surface area contributed by atoms with Gasteiger partial charge in [0.2, 0.25) is 5.78 Å². The summed E-state index contributed by atoms with van der Waals surface area (Å²) in [5.41, 5.74) is -0.343. The zero-order valence-corrected chi connectivity index (χ0v) is 5.89. The molecule has 54 valence electrons. The molecule has 3 heteroatoms. The summed E-state index contributed by atoms with van der Waals surface area (Å²) in [7, 11) is 0. The molecular weight excluding hydrogens is 130 g/mol. The highest BCUT2D eigenvalue weighted by molar-refractivity contribution is 5.88. The van der Waals surface area contributed by atoms with Gasteiger partial charge in [-0.3, -0.25) is 4.79 Å². The maximum absolute atomic E-state index is 11.1. The van der Waals surface area contributed by atoms with Crippen LogP contribution in [0, 0.1) is 12.0 Å². The van der Waals surface area contributed by atoms with E-state index in [0.29, 0.717) is 13.2 Å². The summed E-state index contributed by atoms with van der Waals surface area (Å²) < 4.78 is 4.88. The van der Waals surface area contributed by atoms with Gasteiger partial charge in [0.15, 0.2) is 0 Å². The zero-order valence-electron chi connectivity index (χ0n) is 5.89. The van der Waals surface area contributed by atoms with Gasteiger partial charge < -0.3 is 9.58 Å². The van der Waals surface area contributed by atoms with Crippen LogP contribution in [0.3, 0.4) is 0 Å². The van der Waals surface area contributed by atoms with E-state index in [1.54, 1.807) is 0 Å². The number of ketones is 1. The summed E-state index contributed by atoms with van der Waals surface area (Å²) >= 11 is 0. The molecule has 0 aromatic rings. The van der Waals surface area contributed by atoms with Crippen LogP contribution in [0.2, 0.25) is 0 Å². The smallest absolute Gasteiger partial charge is 0.272 e. The molecule has 1 aliphatic heterocycles. The molecule has 0 saturated carbocycles. The molecule has 1 saturated heterocycles. The molecule has 0 N–H and O–H groups in total. The minimum absolute atomic E-state index is 0.000139. The van der Waals surface area contributed by atoms with Crippen molar-refractivity contribution < 1.29 is 9.53 Å². The number of carbonyl (C=O) groups is 1. The molecule has 0 aromatic carbocycles. The Labute approximate surface area is 59.8 Å². The van der Waals surface area contributed by atoms with Gasteiger partial charge in [0.25, 0.3) is 6.54 Å². The predicted octanol–water partition coefficient (Wildman–Crippen LogP) is 0.511. The number of rotatable bonds is 2. The Kier molecular flexibility index (Phi) is 1.73. The van der Waals surface area contributed by atoms with Crippen molar-refractivity contribution in [3.63, 3.8) is 0 Å². The van der Waals surface area contributed by atoms with Crippen LogP contribution in [0.5, 0.6) is 0 Å². The highest BCUT2D eigenvalue weighted by atomic mass is 16.5. The number of nitrogens with zero attached hydrogens (tertiary/aromatic N) is 1. The molecule has 0 aliphatic carbocycles. The normalized spacial score (nSPS) is 20.8. The van der Waals surface area contributed by atoms with Crippen LogP contribution >= 0.6 is 0 Å². The lowest BCUT2D eigenvalue weighted by molar-refractivity contribution is -0.153. The number of carbonyl (C=O) groups excluding carboxylic acids is 1. The average Bonchev–Trinajstić information content (AvgIpc) is 1.83. The van der Waals surface area contributed by atoms with E-state index >= 15 is 0 Å². The largest absolute Gasteiger partial charge is 0.379 e. The van der Waals surface area contributed by atoms with Crippen molar-refractivity contribution in [2.45, 2.75) is 6.92 Å². The van der Waals surface area contributed by atoms with Gasteiger partial charge in [0.05, 0.1) is 18.6 Å². The molecule has 0 radical (unpaired) electrons. The zero-order chi connectivity index (χ0) is 7.61. The van der Waals surface area contributed by atoms with Crippen LogP contribution in [0.15, 0.2) is 0 Å².